The molecule has 0 bridgehead atoms. The average molecular weight is 575 g/mol. The highest BCUT2D eigenvalue weighted by atomic mass is 16.3. The van der Waals surface area contributed by atoms with Crippen molar-refractivity contribution in [3.63, 3.8) is 0 Å². The van der Waals surface area contributed by atoms with Crippen LogP contribution in [-0.4, -0.2) is 26.1 Å². The van der Waals surface area contributed by atoms with Gasteiger partial charge >= 0.3 is 0 Å². The molecule has 1 atom stereocenters. The van der Waals surface area contributed by atoms with Gasteiger partial charge in [0, 0.05) is 47.1 Å². The predicted octanol–water partition coefficient (Wildman–Crippen LogP) is 9.15. The zero-order valence-electron chi connectivity index (χ0n) is 25.1. The molecule has 0 radical (unpaired) electrons. The second-order valence-corrected chi connectivity index (χ2v) is 12.2. The molecule has 1 N–H and O–H groups in total. The number of hydrogen-bond donors (Lipinski definition) is 1. The molecule has 0 spiro atoms. The van der Waals surface area contributed by atoms with Crippen LogP contribution >= 0.6 is 0 Å². The van der Waals surface area contributed by atoms with Gasteiger partial charge in [0.15, 0.2) is 0 Å². The number of aromatic nitrogens is 2. The number of anilines is 1. The Labute approximate surface area is 258 Å². The predicted molar refractivity (Wildman–Crippen MR) is 180 cm³/mol. The largest absolute Gasteiger partial charge is 0.507 e. The Bertz CT molecular complexity index is 1950. The quantitative estimate of drug-likeness (QED) is 0.227. The highest BCUT2D eigenvalue weighted by Gasteiger charge is 2.27. The number of fused-ring (bicyclic) bond motifs is 1. The molecule has 0 saturated heterocycles. The highest BCUT2D eigenvalue weighted by Crippen LogP contribution is 2.40. The molecule has 216 valence electrons. The van der Waals surface area contributed by atoms with E-state index in [1.165, 1.54) is 5.56 Å². The number of phenolic OH excluding ortho intramolecular Hbond substituents is 1. The van der Waals surface area contributed by atoms with Gasteiger partial charge in [-0.25, -0.2) is 4.98 Å². The summed E-state index contributed by atoms with van der Waals surface area (Å²) in [7, 11) is 0. The van der Waals surface area contributed by atoms with E-state index >= 15 is 0 Å². The summed E-state index contributed by atoms with van der Waals surface area (Å²) in [6, 6.07) is 32.7. The fourth-order valence-electron chi connectivity index (χ4n) is 5.83. The third kappa shape index (κ3) is 5.18. The molecule has 2 aliphatic rings. The van der Waals surface area contributed by atoms with Gasteiger partial charge in [-0.1, -0.05) is 75.4 Å². The number of phenols is 1. The van der Waals surface area contributed by atoms with Gasteiger partial charge in [-0.2, -0.15) is 0 Å². The van der Waals surface area contributed by atoms with E-state index in [1.54, 1.807) is 6.07 Å². The van der Waals surface area contributed by atoms with Crippen LogP contribution in [0, 0.1) is 0 Å². The van der Waals surface area contributed by atoms with Crippen molar-refractivity contribution in [1.82, 2.24) is 14.9 Å². The molecule has 1 unspecified atom stereocenters. The van der Waals surface area contributed by atoms with Crippen LogP contribution in [0.25, 0.3) is 44.9 Å². The van der Waals surface area contributed by atoms with Crippen molar-refractivity contribution in [2.45, 2.75) is 32.4 Å². The fraction of sp³-hybridized carbons (Fsp3) is 0.128. The van der Waals surface area contributed by atoms with Crippen LogP contribution in [0.2, 0.25) is 0 Å². The van der Waals surface area contributed by atoms with Crippen LogP contribution in [-0.2, 0) is 5.41 Å². The van der Waals surface area contributed by atoms with E-state index < -0.39 is 0 Å². The van der Waals surface area contributed by atoms with E-state index in [0.29, 0.717) is 11.3 Å². The highest BCUT2D eigenvalue weighted by molar-refractivity contribution is 5.86. The molecule has 5 nitrogen and oxygen atoms in total. The Morgan fingerprint density at radius 3 is 2.23 bits per heavy atom. The van der Waals surface area contributed by atoms with Crippen molar-refractivity contribution in [2.75, 3.05) is 4.90 Å². The van der Waals surface area contributed by atoms with Gasteiger partial charge in [-0.05, 0) is 77.2 Å². The van der Waals surface area contributed by atoms with Gasteiger partial charge in [0.25, 0.3) is 0 Å². The fourth-order valence-corrected chi connectivity index (χ4v) is 5.83. The molecule has 2 aliphatic heterocycles. The number of pyridine rings is 2. The van der Waals surface area contributed by atoms with Crippen molar-refractivity contribution >= 4 is 5.69 Å². The van der Waals surface area contributed by atoms with Crippen LogP contribution in [0.1, 0.15) is 26.3 Å². The number of benzene rings is 3. The maximum absolute atomic E-state index is 10.8. The van der Waals surface area contributed by atoms with Crippen LogP contribution in [0.5, 0.6) is 5.75 Å². The van der Waals surface area contributed by atoms with Crippen molar-refractivity contribution < 1.29 is 5.11 Å². The minimum Gasteiger partial charge on any atom is -0.507 e. The van der Waals surface area contributed by atoms with Gasteiger partial charge in [0.05, 0.1) is 22.8 Å². The summed E-state index contributed by atoms with van der Waals surface area (Å²) >= 11 is 0. The maximum atomic E-state index is 10.8. The summed E-state index contributed by atoms with van der Waals surface area (Å²) in [5.41, 5.74) is 9.62. The molecule has 7 rings (SSSR count). The number of allylic oxidation sites excluding steroid dienone is 2. The van der Waals surface area contributed by atoms with E-state index in [-0.39, 0.29) is 17.3 Å². The van der Waals surface area contributed by atoms with E-state index in [0.717, 1.165) is 39.3 Å². The lowest BCUT2D eigenvalue weighted by Crippen LogP contribution is -2.35. The van der Waals surface area contributed by atoms with E-state index in [4.69, 9.17) is 9.97 Å². The normalized spacial score (nSPS) is 15.6. The summed E-state index contributed by atoms with van der Waals surface area (Å²) in [4.78, 5) is 14.3. The lowest BCUT2D eigenvalue weighted by Gasteiger charge is -2.31. The molecular weight excluding hydrogens is 540 g/mol. The Kier molecular flexibility index (Phi) is 6.86. The molecule has 0 aliphatic carbocycles. The first kappa shape index (κ1) is 27.4. The first-order valence-electron chi connectivity index (χ1n) is 14.9. The molecule has 5 aromatic rings. The molecular formula is C39H34N4O. The minimum absolute atomic E-state index is 0.0242. The number of rotatable bonds is 5. The summed E-state index contributed by atoms with van der Waals surface area (Å²) in [6.07, 6.45) is 14.6. The van der Waals surface area contributed by atoms with Crippen molar-refractivity contribution in [3.8, 4) is 50.6 Å². The van der Waals surface area contributed by atoms with Crippen LogP contribution in [0.4, 0.5) is 5.69 Å². The standard InChI is InChI=1S/C39H34N4O/c1-39(2,3)30-18-19-40-33(26-30)27-11-10-12-28(23-27)34-24-29(25-35(41-34)32-14-5-7-16-37(32)44)31-13-4-6-15-36(31)43-22-21-42-20-9-8-17-38(42)43/h4-26,38,44H,1-3H3. The lowest BCUT2D eigenvalue weighted by atomic mass is 9.87. The summed E-state index contributed by atoms with van der Waals surface area (Å²) < 4.78 is 0. The van der Waals surface area contributed by atoms with Crippen LogP contribution in [0.3, 0.4) is 0 Å². The SMILES string of the molecule is CC(C)(C)c1ccnc(-c2cccc(-c3cc(-c4ccccc4N4C=CN5C=CC=CC54)cc(-c4ccccc4O)n3)c2)c1. The second-order valence-electron chi connectivity index (χ2n) is 12.2. The Morgan fingerprint density at radius 2 is 1.41 bits per heavy atom. The number of aromatic hydroxyl groups is 1. The number of nitrogens with zero attached hydrogens (tertiary/aromatic N) is 4. The van der Waals surface area contributed by atoms with Crippen molar-refractivity contribution in [3.05, 3.63) is 146 Å². The van der Waals surface area contributed by atoms with Crippen LogP contribution < -0.4 is 4.90 Å². The van der Waals surface area contributed by atoms with E-state index in [9.17, 15) is 5.11 Å². The number of para-hydroxylation sites is 2. The Hall–Kier alpha value is -5.42. The van der Waals surface area contributed by atoms with Gasteiger partial charge in [-0.3, -0.25) is 4.98 Å². The summed E-state index contributed by atoms with van der Waals surface area (Å²) in [5, 5.41) is 10.8. The van der Waals surface area contributed by atoms with Gasteiger partial charge < -0.3 is 14.9 Å². The summed E-state index contributed by atoms with van der Waals surface area (Å²) in [6.45, 7) is 6.65. The van der Waals surface area contributed by atoms with Crippen LogP contribution in [0.15, 0.2) is 140 Å². The molecule has 5 heteroatoms. The van der Waals surface area contributed by atoms with Gasteiger partial charge in [0.1, 0.15) is 11.9 Å². The number of hydrogen-bond acceptors (Lipinski definition) is 5. The zero-order valence-corrected chi connectivity index (χ0v) is 25.1. The van der Waals surface area contributed by atoms with E-state index in [2.05, 4.69) is 134 Å². The van der Waals surface area contributed by atoms with Gasteiger partial charge in [0.2, 0.25) is 0 Å². The van der Waals surface area contributed by atoms with Gasteiger partial charge in [-0.15, -0.1) is 0 Å². The monoisotopic (exact) mass is 574 g/mol. The molecule has 4 heterocycles. The topological polar surface area (TPSA) is 52.5 Å². The third-order valence-electron chi connectivity index (χ3n) is 8.22. The first-order valence-corrected chi connectivity index (χ1v) is 14.9. The van der Waals surface area contributed by atoms with Crippen molar-refractivity contribution in [2.24, 2.45) is 0 Å². The zero-order chi connectivity index (χ0) is 30.3. The molecule has 2 aromatic heterocycles. The first-order chi connectivity index (χ1) is 21.3. The second kappa shape index (κ2) is 11.0. The molecule has 0 saturated carbocycles. The maximum Gasteiger partial charge on any atom is 0.129 e. The lowest BCUT2D eigenvalue weighted by molar-refractivity contribution is 0.455. The Balaban J connectivity index is 1.37. The molecule has 3 aromatic carbocycles. The summed E-state index contributed by atoms with van der Waals surface area (Å²) in [5.74, 6) is 0.200. The van der Waals surface area contributed by atoms with E-state index in [1.807, 2.05) is 30.5 Å². The Morgan fingerprint density at radius 1 is 0.659 bits per heavy atom. The molecule has 44 heavy (non-hydrogen) atoms. The average Bonchev–Trinajstić information content (AvgIpc) is 3.49. The minimum atomic E-state index is 0.0242. The smallest absolute Gasteiger partial charge is 0.129 e. The molecule has 0 amide bonds. The third-order valence-corrected chi connectivity index (χ3v) is 8.22. The van der Waals surface area contributed by atoms with Crippen molar-refractivity contribution in [1.29, 1.82) is 0 Å². The molecule has 0 fully saturated rings.